The van der Waals surface area contributed by atoms with Crippen LogP contribution in [0, 0.1) is 12.8 Å². The number of carbonyl (C=O) groups is 2. The van der Waals surface area contributed by atoms with E-state index < -0.39 is 0 Å². The molecule has 34 heavy (non-hydrogen) atoms. The molecule has 1 saturated heterocycles. The number of anilines is 1. The van der Waals surface area contributed by atoms with Crippen LogP contribution in [-0.4, -0.2) is 43.6 Å². The van der Waals surface area contributed by atoms with Gasteiger partial charge in [-0.15, -0.1) is 11.3 Å². The van der Waals surface area contributed by atoms with Crippen LogP contribution < -0.4 is 10.1 Å². The monoisotopic (exact) mass is 482 g/mol. The molecule has 1 amide bonds. The van der Waals surface area contributed by atoms with Crippen molar-refractivity contribution in [3.63, 3.8) is 0 Å². The van der Waals surface area contributed by atoms with Crippen molar-refractivity contribution in [3.8, 4) is 5.75 Å². The van der Waals surface area contributed by atoms with E-state index in [1.165, 1.54) is 6.26 Å². The second-order valence-corrected chi connectivity index (χ2v) is 9.57. The molecule has 1 N–H and O–H groups in total. The third-order valence-corrected chi connectivity index (χ3v) is 7.06. The van der Waals surface area contributed by atoms with Crippen LogP contribution in [0.1, 0.15) is 52.4 Å². The lowest BCUT2D eigenvalue weighted by molar-refractivity contribution is -0.149. The fourth-order valence-electron chi connectivity index (χ4n) is 4.46. The van der Waals surface area contributed by atoms with E-state index in [0.717, 1.165) is 52.7 Å². The lowest BCUT2D eigenvalue weighted by Crippen LogP contribution is -2.39. The number of furan rings is 1. The van der Waals surface area contributed by atoms with Gasteiger partial charge in [0.1, 0.15) is 10.8 Å². The van der Waals surface area contributed by atoms with Crippen LogP contribution in [0.15, 0.2) is 53.1 Å². The molecule has 7 nitrogen and oxygen atoms in total. The summed E-state index contributed by atoms with van der Waals surface area (Å²) in [7, 11) is 1.66. The minimum absolute atomic E-state index is 0.0792. The van der Waals surface area contributed by atoms with E-state index in [-0.39, 0.29) is 29.6 Å². The quantitative estimate of drug-likeness (QED) is 0.440. The number of methoxy groups -OCH3 is 1. The highest BCUT2D eigenvalue weighted by Crippen LogP contribution is 2.41. The first-order valence-electron chi connectivity index (χ1n) is 11.5. The molecule has 8 heteroatoms. The number of hydrogen-bond donors (Lipinski definition) is 1. The fourth-order valence-corrected chi connectivity index (χ4v) is 5.40. The smallest absolute Gasteiger partial charge is 0.309 e. The molecule has 180 valence electrons. The van der Waals surface area contributed by atoms with E-state index in [1.807, 2.05) is 32.0 Å². The number of piperidine rings is 1. The molecule has 1 fully saturated rings. The van der Waals surface area contributed by atoms with Crippen LogP contribution in [-0.2, 0) is 9.53 Å². The van der Waals surface area contributed by atoms with E-state index in [1.54, 1.807) is 30.6 Å². The lowest BCUT2D eigenvalue weighted by Gasteiger charge is -2.37. The normalized spacial score (nSPS) is 15.6. The van der Waals surface area contributed by atoms with Crippen LogP contribution in [0.3, 0.4) is 0 Å². The zero-order chi connectivity index (χ0) is 24.1. The first-order valence-corrected chi connectivity index (χ1v) is 12.3. The number of ether oxygens (including phenoxy) is 2. The molecule has 1 aliphatic rings. The van der Waals surface area contributed by atoms with Crippen molar-refractivity contribution in [2.75, 3.05) is 32.1 Å². The summed E-state index contributed by atoms with van der Waals surface area (Å²) in [6, 6.07) is 13.4. The van der Waals surface area contributed by atoms with Gasteiger partial charge in [-0.25, -0.2) is 0 Å². The summed E-state index contributed by atoms with van der Waals surface area (Å²) in [5.74, 6) is 0.572. The Morgan fingerprint density at radius 3 is 2.68 bits per heavy atom. The largest absolute Gasteiger partial charge is 0.497 e. The van der Waals surface area contributed by atoms with Crippen molar-refractivity contribution in [2.45, 2.75) is 32.7 Å². The molecule has 0 unspecified atom stereocenters. The van der Waals surface area contributed by atoms with E-state index >= 15 is 0 Å². The Hall–Kier alpha value is -3.10. The standard InChI is InChI=1S/C26H30N2O5S/c1-4-32-26(30)18-10-12-28(13-11-18)23(19-7-5-8-20(16-19)31-3)21-15-17(2)34-25(21)27-24(29)22-9-6-14-33-22/h5-9,14-16,18,23H,4,10-13H2,1-3H3,(H,27,29)/t23-/m1/s1. The molecule has 0 bridgehead atoms. The SMILES string of the molecule is CCOC(=O)C1CCN([C@H](c2cccc(OC)c2)c2cc(C)sc2NC(=O)c2ccco2)CC1. The minimum Gasteiger partial charge on any atom is -0.497 e. The molecular weight excluding hydrogens is 452 g/mol. The average molecular weight is 483 g/mol. The van der Waals surface area contributed by atoms with Crippen molar-refractivity contribution in [3.05, 3.63) is 70.5 Å². The van der Waals surface area contributed by atoms with Crippen molar-refractivity contribution in [1.29, 1.82) is 0 Å². The molecule has 3 aromatic rings. The van der Waals surface area contributed by atoms with Gasteiger partial charge in [0.2, 0.25) is 0 Å². The molecule has 3 heterocycles. The van der Waals surface area contributed by atoms with Crippen LogP contribution in [0.5, 0.6) is 5.75 Å². The Bertz CT molecular complexity index is 1120. The molecule has 0 radical (unpaired) electrons. The number of rotatable bonds is 8. The molecule has 1 aromatic carbocycles. The minimum atomic E-state index is -0.279. The Morgan fingerprint density at radius 1 is 1.21 bits per heavy atom. The van der Waals surface area contributed by atoms with E-state index in [2.05, 4.69) is 22.3 Å². The number of likely N-dealkylation sites (tertiary alicyclic amines) is 1. The van der Waals surface area contributed by atoms with Gasteiger partial charge in [-0.2, -0.15) is 0 Å². The van der Waals surface area contributed by atoms with Gasteiger partial charge in [-0.3, -0.25) is 14.5 Å². The Morgan fingerprint density at radius 2 is 2.00 bits per heavy atom. The third-order valence-electron chi connectivity index (χ3n) is 6.07. The van der Waals surface area contributed by atoms with Crippen LogP contribution in [0.25, 0.3) is 0 Å². The molecule has 1 atom stereocenters. The average Bonchev–Trinajstić information content (AvgIpc) is 3.50. The Balaban J connectivity index is 1.66. The summed E-state index contributed by atoms with van der Waals surface area (Å²) in [5.41, 5.74) is 2.09. The van der Waals surface area contributed by atoms with E-state index in [4.69, 9.17) is 13.9 Å². The van der Waals surface area contributed by atoms with E-state index in [0.29, 0.717) is 6.61 Å². The highest BCUT2D eigenvalue weighted by molar-refractivity contribution is 7.16. The molecule has 0 aliphatic carbocycles. The van der Waals surface area contributed by atoms with Gasteiger partial charge in [0.05, 0.1) is 31.9 Å². The number of amides is 1. The number of hydrogen-bond acceptors (Lipinski definition) is 7. The van der Waals surface area contributed by atoms with Crippen molar-refractivity contribution < 1.29 is 23.5 Å². The predicted molar refractivity (Wildman–Crippen MR) is 131 cm³/mol. The highest BCUT2D eigenvalue weighted by atomic mass is 32.1. The highest BCUT2D eigenvalue weighted by Gasteiger charge is 2.33. The van der Waals surface area contributed by atoms with Gasteiger partial charge in [-0.05, 0) is 75.7 Å². The topological polar surface area (TPSA) is 81.0 Å². The number of thiophene rings is 1. The predicted octanol–water partition coefficient (Wildman–Crippen LogP) is 5.27. The second kappa shape index (κ2) is 10.9. The summed E-state index contributed by atoms with van der Waals surface area (Å²) in [6.07, 6.45) is 2.95. The summed E-state index contributed by atoms with van der Waals surface area (Å²) in [5, 5.41) is 3.84. The van der Waals surface area contributed by atoms with Crippen molar-refractivity contribution in [1.82, 2.24) is 4.90 Å². The maximum Gasteiger partial charge on any atom is 0.309 e. The van der Waals surface area contributed by atoms with Gasteiger partial charge in [0.25, 0.3) is 5.91 Å². The van der Waals surface area contributed by atoms with Gasteiger partial charge in [0, 0.05) is 10.4 Å². The number of nitrogens with zero attached hydrogens (tertiary/aromatic N) is 1. The zero-order valence-electron chi connectivity index (χ0n) is 19.7. The first kappa shape index (κ1) is 24.0. The van der Waals surface area contributed by atoms with Crippen LogP contribution in [0.2, 0.25) is 0 Å². The zero-order valence-corrected chi connectivity index (χ0v) is 20.5. The summed E-state index contributed by atoms with van der Waals surface area (Å²) >= 11 is 1.54. The maximum atomic E-state index is 12.8. The van der Waals surface area contributed by atoms with E-state index in [9.17, 15) is 9.59 Å². The summed E-state index contributed by atoms with van der Waals surface area (Å²) in [4.78, 5) is 28.5. The molecular formula is C26H30N2O5S. The third kappa shape index (κ3) is 5.34. The van der Waals surface area contributed by atoms with Crippen LogP contribution in [0.4, 0.5) is 5.00 Å². The van der Waals surface area contributed by atoms with Crippen molar-refractivity contribution >= 4 is 28.2 Å². The lowest BCUT2D eigenvalue weighted by atomic mass is 9.91. The molecule has 0 spiro atoms. The Labute approximate surface area is 203 Å². The number of esters is 1. The number of benzene rings is 1. The van der Waals surface area contributed by atoms with Gasteiger partial charge < -0.3 is 19.2 Å². The second-order valence-electron chi connectivity index (χ2n) is 8.31. The molecule has 4 rings (SSSR count). The number of aryl methyl sites for hydroxylation is 1. The molecule has 0 saturated carbocycles. The number of carbonyl (C=O) groups excluding carboxylic acids is 2. The van der Waals surface area contributed by atoms with Crippen LogP contribution >= 0.6 is 11.3 Å². The fraction of sp³-hybridized carbons (Fsp3) is 0.385. The summed E-state index contributed by atoms with van der Waals surface area (Å²) < 4.78 is 16.0. The van der Waals surface area contributed by atoms with Gasteiger partial charge >= 0.3 is 5.97 Å². The van der Waals surface area contributed by atoms with Gasteiger partial charge in [0.15, 0.2) is 5.76 Å². The Kier molecular flexibility index (Phi) is 7.70. The maximum absolute atomic E-state index is 12.8. The van der Waals surface area contributed by atoms with Crippen molar-refractivity contribution in [2.24, 2.45) is 5.92 Å². The van der Waals surface area contributed by atoms with Gasteiger partial charge in [-0.1, -0.05) is 12.1 Å². The summed E-state index contributed by atoms with van der Waals surface area (Å²) in [6.45, 7) is 5.76. The molecule has 2 aromatic heterocycles. The molecule has 1 aliphatic heterocycles. The first-order chi connectivity index (χ1) is 16.5. The number of nitrogens with one attached hydrogen (secondary N) is 1.